The van der Waals surface area contributed by atoms with E-state index in [4.69, 9.17) is 26.4 Å². The first-order chi connectivity index (χ1) is 15.4. The molecule has 2 aliphatic rings. The number of hydrogen-bond acceptors (Lipinski definition) is 10. The lowest BCUT2D eigenvalue weighted by Gasteiger charge is -2.29. The van der Waals surface area contributed by atoms with Crippen molar-refractivity contribution in [2.45, 2.75) is 6.54 Å². The van der Waals surface area contributed by atoms with Gasteiger partial charge in [-0.3, -0.25) is 14.5 Å². The summed E-state index contributed by atoms with van der Waals surface area (Å²) >= 11 is 6.17. The van der Waals surface area contributed by atoms with E-state index in [-0.39, 0.29) is 42.2 Å². The van der Waals surface area contributed by atoms with Crippen molar-refractivity contribution in [3.05, 3.63) is 46.4 Å². The molecular weight excluding hydrogens is 456 g/mol. The van der Waals surface area contributed by atoms with Gasteiger partial charge in [0.2, 0.25) is 0 Å². The smallest absolute Gasteiger partial charge is 0.360 e. The van der Waals surface area contributed by atoms with Gasteiger partial charge in [0.15, 0.2) is 18.1 Å². The fraction of sp³-hybridized carbons (Fsp3) is 0.200. The predicted molar refractivity (Wildman–Crippen MR) is 119 cm³/mol. The molecule has 32 heavy (non-hydrogen) atoms. The zero-order chi connectivity index (χ0) is 22.8. The van der Waals surface area contributed by atoms with Crippen LogP contribution in [0.15, 0.2) is 29.3 Å². The lowest BCUT2D eigenvalue weighted by atomic mass is 10.1. The Morgan fingerprint density at radius 3 is 2.88 bits per heavy atom. The number of fused-ring (bicyclic) bond motifs is 1. The molecule has 10 nitrogen and oxygen atoms in total. The zero-order valence-corrected chi connectivity index (χ0v) is 18.5. The first-order valence-corrected chi connectivity index (χ1v) is 10.4. The standard InChI is InChI=1S/C20H16N4O6S2/c1-28-13-7-21-15(22-17(13)19(27)29-2)8-24-11-5-10(3-4-12(11)30-9-16(24)25)6-14-18(26)23-20(31)32-14/h3-7H,8-9H2,1-2H3,(H,23,26,31)/b14-6+. The third-order valence-electron chi connectivity index (χ3n) is 4.57. The summed E-state index contributed by atoms with van der Waals surface area (Å²) in [6.07, 6.45) is 3.02. The van der Waals surface area contributed by atoms with Crippen molar-refractivity contribution in [1.29, 1.82) is 0 Å². The second kappa shape index (κ2) is 8.93. The highest BCUT2D eigenvalue weighted by Gasteiger charge is 2.28. The van der Waals surface area contributed by atoms with Crippen LogP contribution >= 0.6 is 24.0 Å². The van der Waals surface area contributed by atoms with Crippen LogP contribution in [0.2, 0.25) is 0 Å². The Hall–Kier alpha value is -3.51. The van der Waals surface area contributed by atoms with Gasteiger partial charge in [-0.2, -0.15) is 0 Å². The number of hydrogen-bond donors (Lipinski definition) is 1. The number of aromatic nitrogens is 2. The van der Waals surface area contributed by atoms with Crippen molar-refractivity contribution < 1.29 is 28.6 Å². The van der Waals surface area contributed by atoms with Gasteiger partial charge in [0, 0.05) is 0 Å². The van der Waals surface area contributed by atoms with Crippen LogP contribution in [0.4, 0.5) is 5.69 Å². The van der Waals surface area contributed by atoms with Gasteiger partial charge in [0.25, 0.3) is 11.8 Å². The molecule has 1 fully saturated rings. The van der Waals surface area contributed by atoms with E-state index in [0.29, 0.717) is 26.2 Å². The van der Waals surface area contributed by atoms with Crippen molar-refractivity contribution in [3.63, 3.8) is 0 Å². The molecule has 0 radical (unpaired) electrons. The van der Waals surface area contributed by atoms with Crippen LogP contribution in [0.1, 0.15) is 21.9 Å². The molecule has 1 aromatic carbocycles. The van der Waals surface area contributed by atoms with E-state index in [1.54, 1.807) is 24.3 Å². The maximum Gasteiger partial charge on any atom is 0.360 e. The Morgan fingerprint density at radius 1 is 1.38 bits per heavy atom. The fourth-order valence-electron chi connectivity index (χ4n) is 3.07. The lowest BCUT2D eigenvalue weighted by Crippen LogP contribution is -2.38. The Kier molecular flexibility index (Phi) is 6.06. The van der Waals surface area contributed by atoms with E-state index in [1.165, 1.54) is 25.3 Å². The molecule has 0 atom stereocenters. The summed E-state index contributed by atoms with van der Waals surface area (Å²) in [5.74, 6) is -0.397. The van der Waals surface area contributed by atoms with Gasteiger partial charge < -0.3 is 19.5 Å². The number of amides is 2. The maximum atomic E-state index is 12.6. The molecule has 0 unspecified atom stereocenters. The Morgan fingerprint density at radius 2 is 2.19 bits per heavy atom. The minimum atomic E-state index is -0.682. The molecule has 1 N–H and O–H groups in total. The largest absolute Gasteiger partial charge is 0.493 e. The summed E-state index contributed by atoms with van der Waals surface area (Å²) in [6, 6.07) is 5.21. The van der Waals surface area contributed by atoms with E-state index in [9.17, 15) is 14.4 Å². The van der Waals surface area contributed by atoms with Crippen LogP contribution < -0.4 is 19.7 Å². The summed E-state index contributed by atoms with van der Waals surface area (Å²) < 4.78 is 15.8. The third kappa shape index (κ3) is 4.27. The highest BCUT2D eigenvalue weighted by atomic mass is 32.2. The quantitative estimate of drug-likeness (QED) is 0.391. The highest BCUT2D eigenvalue weighted by molar-refractivity contribution is 8.26. The number of rotatable bonds is 5. The number of anilines is 1. The molecule has 0 saturated carbocycles. The second-order valence-electron chi connectivity index (χ2n) is 6.54. The number of methoxy groups -OCH3 is 2. The van der Waals surface area contributed by atoms with Crippen LogP contribution in [0.3, 0.4) is 0 Å². The van der Waals surface area contributed by atoms with Crippen LogP contribution in [-0.2, 0) is 20.9 Å². The third-order valence-corrected chi connectivity index (χ3v) is 5.73. The van der Waals surface area contributed by atoms with E-state index >= 15 is 0 Å². The number of carbonyl (C=O) groups is 3. The first-order valence-electron chi connectivity index (χ1n) is 9.20. The van der Waals surface area contributed by atoms with Crippen LogP contribution in [0, 0.1) is 0 Å². The SMILES string of the molecule is COC(=O)c1nc(CN2C(=O)COc3ccc(/C=C4/SC(=S)NC4=O)cc32)ncc1OC. The van der Waals surface area contributed by atoms with Gasteiger partial charge in [-0.05, 0) is 23.8 Å². The average molecular weight is 473 g/mol. The molecule has 164 valence electrons. The number of thiocarbonyl (C=S) groups is 1. The molecule has 1 saturated heterocycles. The van der Waals surface area contributed by atoms with E-state index in [1.807, 2.05) is 0 Å². The van der Waals surface area contributed by atoms with Crippen molar-refractivity contribution in [3.8, 4) is 11.5 Å². The van der Waals surface area contributed by atoms with Crippen LogP contribution in [0.25, 0.3) is 6.08 Å². The lowest BCUT2D eigenvalue weighted by molar-refractivity contribution is -0.121. The summed E-state index contributed by atoms with van der Waals surface area (Å²) in [4.78, 5) is 46.9. The van der Waals surface area contributed by atoms with Gasteiger partial charge in [-0.15, -0.1) is 0 Å². The number of thioether (sulfide) groups is 1. The molecule has 0 bridgehead atoms. The van der Waals surface area contributed by atoms with Crippen molar-refractivity contribution in [2.75, 3.05) is 25.7 Å². The normalized spacial score (nSPS) is 16.5. The number of benzene rings is 1. The summed E-state index contributed by atoms with van der Waals surface area (Å²) in [7, 11) is 2.62. The minimum Gasteiger partial charge on any atom is -0.493 e. The van der Waals surface area contributed by atoms with Gasteiger partial charge in [-0.1, -0.05) is 30.0 Å². The summed E-state index contributed by atoms with van der Waals surface area (Å²) in [5, 5.41) is 2.56. The first kappa shape index (κ1) is 21.7. The monoisotopic (exact) mass is 472 g/mol. The maximum absolute atomic E-state index is 12.6. The number of ether oxygens (including phenoxy) is 3. The van der Waals surface area contributed by atoms with E-state index in [2.05, 4.69) is 15.3 Å². The summed E-state index contributed by atoms with van der Waals surface area (Å²) in [6.45, 7) is -0.164. The Bertz CT molecular complexity index is 1180. The molecule has 2 aliphatic heterocycles. The van der Waals surface area contributed by atoms with E-state index in [0.717, 1.165) is 11.8 Å². The Balaban J connectivity index is 1.67. The van der Waals surface area contributed by atoms with Crippen molar-refractivity contribution in [1.82, 2.24) is 15.3 Å². The molecular formula is C20H16N4O6S2. The van der Waals surface area contributed by atoms with Gasteiger partial charge >= 0.3 is 5.97 Å². The molecule has 2 amide bonds. The van der Waals surface area contributed by atoms with E-state index < -0.39 is 5.97 Å². The van der Waals surface area contributed by atoms with Crippen LogP contribution in [-0.4, -0.2) is 52.9 Å². The molecule has 4 rings (SSSR count). The van der Waals surface area contributed by atoms with Crippen molar-refractivity contribution >= 4 is 57.8 Å². The second-order valence-corrected chi connectivity index (χ2v) is 8.26. The van der Waals surface area contributed by atoms with Gasteiger partial charge in [0.1, 0.15) is 15.9 Å². The van der Waals surface area contributed by atoms with Crippen LogP contribution in [0.5, 0.6) is 11.5 Å². The molecule has 3 heterocycles. The molecule has 12 heteroatoms. The predicted octanol–water partition coefficient (Wildman–Crippen LogP) is 1.69. The number of nitrogens with one attached hydrogen (secondary N) is 1. The zero-order valence-electron chi connectivity index (χ0n) is 16.9. The average Bonchev–Trinajstić information content (AvgIpc) is 3.11. The number of nitrogens with zero attached hydrogens (tertiary/aromatic N) is 3. The molecule has 2 aromatic rings. The van der Waals surface area contributed by atoms with Gasteiger partial charge in [0.05, 0.1) is 37.6 Å². The summed E-state index contributed by atoms with van der Waals surface area (Å²) in [5.41, 5.74) is 1.13. The topological polar surface area (TPSA) is 120 Å². The number of esters is 1. The molecule has 0 spiro atoms. The molecule has 0 aliphatic carbocycles. The number of carbonyl (C=O) groups excluding carboxylic acids is 3. The molecule has 1 aromatic heterocycles. The minimum absolute atomic E-state index is 0.0114. The van der Waals surface area contributed by atoms with Crippen molar-refractivity contribution in [2.24, 2.45) is 0 Å². The van der Waals surface area contributed by atoms with Gasteiger partial charge in [-0.25, -0.2) is 14.8 Å². The highest BCUT2D eigenvalue weighted by Crippen LogP contribution is 2.35. The fourth-order valence-corrected chi connectivity index (χ4v) is 4.12. The Labute approximate surface area is 191 Å².